The quantitative estimate of drug-likeness (QED) is 0.782. The highest BCUT2D eigenvalue weighted by molar-refractivity contribution is 5.96. The van der Waals surface area contributed by atoms with Crippen LogP contribution in [0.1, 0.15) is 72.3 Å². The number of aromatic amines is 1. The topological polar surface area (TPSA) is 32.9 Å². The Hall–Kier alpha value is -1.05. The first-order valence-electron chi connectivity index (χ1n) is 7.28. The molecule has 2 rings (SSSR count). The number of rotatable bonds is 4. The lowest BCUT2D eigenvalue weighted by molar-refractivity contribution is 0.0965. The zero-order valence-electron chi connectivity index (χ0n) is 11.9. The molecule has 1 saturated carbocycles. The van der Waals surface area contributed by atoms with Crippen molar-refractivity contribution in [3.8, 4) is 0 Å². The Morgan fingerprint density at radius 2 is 1.78 bits per heavy atom. The van der Waals surface area contributed by atoms with Gasteiger partial charge in [0, 0.05) is 12.1 Å². The second-order valence-electron chi connectivity index (χ2n) is 5.84. The van der Waals surface area contributed by atoms with Gasteiger partial charge in [0.1, 0.15) is 0 Å². The van der Waals surface area contributed by atoms with Gasteiger partial charge >= 0.3 is 0 Å². The molecular formula is C16H25NO. The van der Waals surface area contributed by atoms with Gasteiger partial charge in [0.05, 0.1) is 5.69 Å². The first-order valence-corrected chi connectivity index (χ1v) is 7.28. The fourth-order valence-electron chi connectivity index (χ4n) is 3.06. The molecule has 0 radical (unpaired) electrons. The van der Waals surface area contributed by atoms with Gasteiger partial charge in [0.25, 0.3) is 0 Å². The average molecular weight is 247 g/mol. The molecule has 2 nitrogen and oxygen atoms in total. The maximum atomic E-state index is 12.2. The largest absolute Gasteiger partial charge is 0.356 e. The van der Waals surface area contributed by atoms with Crippen molar-refractivity contribution >= 4 is 5.78 Å². The first kappa shape index (κ1) is 13.4. The van der Waals surface area contributed by atoms with Crippen molar-refractivity contribution in [1.82, 2.24) is 4.98 Å². The van der Waals surface area contributed by atoms with Crippen LogP contribution in [0.25, 0.3) is 0 Å². The minimum absolute atomic E-state index is 0.300. The first-order chi connectivity index (χ1) is 8.59. The number of nitrogens with one attached hydrogen (secondary N) is 1. The molecule has 1 aliphatic carbocycles. The molecular weight excluding hydrogens is 222 g/mol. The zero-order valence-corrected chi connectivity index (χ0v) is 11.9. The molecule has 1 aromatic rings. The van der Waals surface area contributed by atoms with Crippen molar-refractivity contribution in [3.05, 3.63) is 22.5 Å². The number of aryl methyl sites for hydroxylation is 1. The van der Waals surface area contributed by atoms with Gasteiger partial charge in [0.2, 0.25) is 0 Å². The highest BCUT2D eigenvalue weighted by Gasteiger charge is 2.18. The van der Waals surface area contributed by atoms with Crippen molar-refractivity contribution in [2.75, 3.05) is 0 Å². The van der Waals surface area contributed by atoms with Crippen LogP contribution < -0.4 is 0 Å². The lowest BCUT2D eigenvalue weighted by atomic mass is 9.85. The maximum Gasteiger partial charge on any atom is 0.179 e. The molecule has 0 bridgehead atoms. The molecule has 100 valence electrons. The van der Waals surface area contributed by atoms with Crippen molar-refractivity contribution in [2.45, 2.75) is 65.7 Å². The molecule has 0 aliphatic heterocycles. The third kappa shape index (κ3) is 2.85. The summed E-state index contributed by atoms with van der Waals surface area (Å²) in [6, 6.07) is 0. The normalized spacial score (nSPS) is 17.1. The van der Waals surface area contributed by atoms with Crippen LogP contribution in [0, 0.1) is 26.7 Å². The van der Waals surface area contributed by atoms with E-state index in [0.29, 0.717) is 12.2 Å². The van der Waals surface area contributed by atoms with Gasteiger partial charge in [-0.1, -0.05) is 32.1 Å². The zero-order chi connectivity index (χ0) is 13.1. The molecule has 0 aromatic carbocycles. The van der Waals surface area contributed by atoms with Gasteiger partial charge in [0.15, 0.2) is 5.78 Å². The van der Waals surface area contributed by atoms with Crippen LogP contribution in [0.5, 0.6) is 0 Å². The minimum Gasteiger partial charge on any atom is -0.356 e. The number of aromatic nitrogens is 1. The van der Waals surface area contributed by atoms with E-state index in [0.717, 1.165) is 29.3 Å². The summed E-state index contributed by atoms with van der Waals surface area (Å²) in [6.07, 6.45) is 8.56. The average Bonchev–Trinajstić information content (AvgIpc) is 2.65. The van der Waals surface area contributed by atoms with Crippen LogP contribution in [-0.2, 0) is 0 Å². The number of ketones is 1. The van der Waals surface area contributed by atoms with E-state index in [1.54, 1.807) is 0 Å². The van der Waals surface area contributed by atoms with E-state index in [4.69, 9.17) is 0 Å². The summed E-state index contributed by atoms with van der Waals surface area (Å²) in [7, 11) is 0. The van der Waals surface area contributed by atoms with Crippen molar-refractivity contribution in [1.29, 1.82) is 0 Å². The summed E-state index contributed by atoms with van der Waals surface area (Å²) in [5, 5.41) is 0. The van der Waals surface area contributed by atoms with E-state index in [1.165, 1.54) is 37.7 Å². The molecule has 1 aromatic heterocycles. The summed E-state index contributed by atoms with van der Waals surface area (Å²) in [4.78, 5) is 15.5. The molecule has 2 heteroatoms. The van der Waals surface area contributed by atoms with E-state index in [2.05, 4.69) is 11.9 Å². The van der Waals surface area contributed by atoms with E-state index in [-0.39, 0.29) is 0 Å². The summed E-state index contributed by atoms with van der Waals surface area (Å²) in [5.74, 6) is 1.09. The molecule has 0 saturated heterocycles. The van der Waals surface area contributed by atoms with Crippen LogP contribution in [0.15, 0.2) is 0 Å². The van der Waals surface area contributed by atoms with E-state index in [9.17, 15) is 4.79 Å². The SMILES string of the molecule is Cc1[nH]c(C(=O)CCC2CCCCC2)c(C)c1C. The van der Waals surface area contributed by atoms with Gasteiger partial charge in [-0.2, -0.15) is 0 Å². The Labute approximate surface area is 110 Å². The molecule has 18 heavy (non-hydrogen) atoms. The molecule has 0 unspecified atom stereocenters. The smallest absolute Gasteiger partial charge is 0.179 e. The predicted octanol–water partition coefficient (Wildman–Crippen LogP) is 4.48. The van der Waals surface area contributed by atoms with E-state index in [1.807, 2.05) is 13.8 Å². The predicted molar refractivity (Wildman–Crippen MR) is 75.1 cm³/mol. The fourth-order valence-corrected chi connectivity index (χ4v) is 3.06. The van der Waals surface area contributed by atoms with E-state index < -0.39 is 0 Å². The van der Waals surface area contributed by atoms with Gasteiger partial charge in [-0.3, -0.25) is 4.79 Å². The van der Waals surface area contributed by atoms with Gasteiger partial charge < -0.3 is 4.98 Å². The van der Waals surface area contributed by atoms with Crippen molar-refractivity contribution < 1.29 is 4.79 Å². The summed E-state index contributed by atoms with van der Waals surface area (Å²) < 4.78 is 0. The third-order valence-corrected chi connectivity index (χ3v) is 4.60. The Morgan fingerprint density at radius 1 is 1.11 bits per heavy atom. The highest BCUT2D eigenvalue weighted by atomic mass is 16.1. The minimum atomic E-state index is 0.300. The van der Waals surface area contributed by atoms with Crippen LogP contribution in [0.2, 0.25) is 0 Å². The lowest BCUT2D eigenvalue weighted by Gasteiger charge is -2.20. The summed E-state index contributed by atoms with van der Waals surface area (Å²) in [6.45, 7) is 6.17. The van der Waals surface area contributed by atoms with Crippen molar-refractivity contribution in [2.24, 2.45) is 5.92 Å². The Kier molecular flexibility index (Phi) is 4.26. The molecule has 1 heterocycles. The van der Waals surface area contributed by atoms with E-state index >= 15 is 0 Å². The number of hydrogen-bond donors (Lipinski definition) is 1. The number of Topliss-reactive ketones (excluding diaryl/α,β-unsaturated/α-hetero) is 1. The molecule has 1 aliphatic rings. The van der Waals surface area contributed by atoms with Crippen LogP contribution >= 0.6 is 0 Å². The van der Waals surface area contributed by atoms with Crippen molar-refractivity contribution in [3.63, 3.8) is 0 Å². The molecule has 1 N–H and O–H groups in total. The number of H-pyrrole nitrogens is 1. The van der Waals surface area contributed by atoms with Gasteiger partial charge in [-0.25, -0.2) is 0 Å². The number of hydrogen-bond acceptors (Lipinski definition) is 1. The standard InChI is InChI=1S/C16H25NO/c1-11-12(2)16(17-13(11)3)15(18)10-9-14-7-5-4-6-8-14/h14,17H,4-10H2,1-3H3. The Balaban J connectivity index is 1.93. The third-order valence-electron chi connectivity index (χ3n) is 4.60. The number of carbonyl (C=O) groups is 1. The Morgan fingerprint density at radius 3 is 2.33 bits per heavy atom. The highest BCUT2D eigenvalue weighted by Crippen LogP contribution is 2.28. The lowest BCUT2D eigenvalue weighted by Crippen LogP contribution is -2.10. The van der Waals surface area contributed by atoms with Crippen LogP contribution in [0.4, 0.5) is 0 Å². The summed E-state index contributed by atoms with van der Waals surface area (Å²) in [5.41, 5.74) is 4.35. The Bertz CT molecular complexity index is 425. The molecule has 0 spiro atoms. The second-order valence-corrected chi connectivity index (χ2v) is 5.84. The molecule has 0 atom stereocenters. The van der Waals surface area contributed by atoms with Crippen LogP contribution in [0.3, 0.4) is 0 Å². The van der Waals surface area contributed by atoms with Crippen LogP contribution in [-0.4, -0.2) is 10.8 Å². The number of carbonyl (C=O) groups excluding carboxylic acids is 1. The monoisotopic (exact) mass is 247 g/mol. The fraction of sp³-hybridized carbons (Fsp3) is 0.688. The molecule has 0 amide bonds. The molecule has 1 fully saturated rings. The van der Waals surface area contributed by atoms with Gasteiger partial charge in [-0.05, 0) is 44.2 Å². The maximum absolute atomic E-state index is 12.2. The summed E-state index contributed by atoms with van der Waals surface area (Å²) >= 11 is 0. The van der Waals surface area contributed by atoms with Gasteiger partial charge in [-0.15, -0.1) is 0 Å². The second kappa shape index (κ2) is 5.73.